The zero-order valence-electron chi connectivity index (χ0n) is 11.8. The van der Waals surface area contributed by atoms with Crippen molar-refractivity contribution in [1.29, 1.82) is 0 Å². The van der Waals surface area contributed by atoms with Gasteiger partial charge in [0.15, 0.2) is 5.54 Å². The van der Waals surface area contributed by atoms with Gasteiger partial charge in [0.05, 0.1) is 0 Å². The Labute approximate surface area is 126 Å². The maximum absolute atomic E-state index is 11.9. The van der Waals surface area contributed by atoms with Crippen LogP contribution in [0.3, 0.4) is 0 Å². The second-order valence-electron chi connectivity index (χ2n) is 5.08. The summed E-state index contributed by atoms with van der Waals surface area (Å²) in [6.45, 7) is 1.47. The van der Waals surface area contributed by atoms with Crippen LogP contribution in [0.1, 0.15) is 12.5 Å². The molecule has 2 aromatic rings. The van der Waals surface area contributed by atoms with Gasteiger partial charge in [-0.05, 0) is 36.8 Å². The minimum atomic E-state index is -1.44. The standard InChI is InChI=1S/C16H14N2O4/c1-16(14(19)17-15(20)18(16)21)11-7-9-13(10-8-11)22-12-5-3-2-4-6-12/h2-10,21H,1H3,(H,17,19,20). The molecule has 1 aliphatic rings. The van der Waals surface area contributed by atoms with Crippen LogP contribution in [0.15, 0.2) is 54.6 Å². The number of rotatable bonds is 3. The van der Waals surface area contributed by atoms with E-state index in [1.807, 2.05) is 30.3 Å². The average molecular weight is 298 g/mol. The SMILES string of the molecule is CC1(c2ccc(Oc3ccccc3)cc2)C(=O)NC(=O)N1O. The molecule has 6 heteroatoms. The van der Waals surface area contributed by atoms with Crippen LogP contribution in [-0.4, -0.2) is 22.2 Å². The van der Waals surface area contributed by atoms with Crippen LogP contribution in [0.25, 0.3) is 0 Å². The quantitative estimate of drug-likeness (QED) is 0.674. The summed E-state index contributed by atoms with van der Waals surface area (Å²) in [7, 11) is 0. The van der Waals surface area contributed by atoms with Gasteiger partial charge < -0.3 is 4.74 Å². The normalized spacial score (nSPS) is 20.9. The lowest BCUT2D eigenvalue weighted by Crippen LogP contribution is -2.42. The minimum Gasteiger partial charge on any atom is -0.457 e. The Morgan fingerprint density at radius 3 is 2.14 bits per heavy atom. The van der Waals surface area contributed by atoms with E-state index in [1.54, 1.807) is 24.3 Å². The summed E-state index contributed by atoms with van der Waals surface area (Å²) in [6.07, 6.45) is 0. The number of nitrogens with zero attached hydrogens (tertiary/aromatic N) is 1. The lowest BCUT2D eigenvalue weighted by atomic mass is 9.92. The third kappa shape index (κ3) is 2.19. The number of imide groups is 1. The van der Waals surface area contributed by atoms with Gasteiger partial charge in [0.25, 0.3) is 5.91 Å². The van der Waals surface area contributed by atoms with Gasteiger partial charge >= 0.3 is 6.03 Å². The molecular weight excluding hydrogens is 284 g/mol. The molecule has 0 spiro atoms. The van der Waals surface area contributed by atoms with Crippen LogP contribution in [0.2, 0.25) is 0 Å². The van der Waals surface area contributed by atoms with Crippen molar-refractivity contribution < 1.29 is 19.5 Å². The summed E-state index contributed by atoms with van der Waals surface area (Å²) in [5, 5.41) is 12.3. The fraction of sp³-hybridized carbons (Fsp3) is 0.125. The topological polar surface area (TPSA) is 78.9 Å². The maximum Gasteiger partial charge on any atom is 0.349 e. The Kier molecular flexibility index (Phi) is 3.30. The summed E-state index contributed by atoms with van der Waals surface area (Å²) in [6, 6.07) is 15.1. The van der Waals surface area contributed by atoms with Crippen molar-refractivity contribution in [2.75, 3.05) is 0 Å². The molecule has 6 nitrogen and oxygen atoms in total. The Morgan fingerprint density at radius 1 is 1.00 bits per heavy atom. The van der Waals surface area contributed by atoms with Crippen molar-refractivity contribution in [3.8, 4) is 11.5 Å². The molecule has 0 aromatic heterocycles. The van der Waals surface area contributed by atoms with Gasteiger partial charge in [0, 0.05) is 0 Å². The molecule has 0 saturated carbocycles. The first kappa shape index (κ1) is 14.1. The Morgan fingerprint density at radius 2 is 1.59 bits per heavy atom. The first-order valence-corrected chi connectivity index (χ1v) is 6.70. The highest BCUT2D eigenvalue weighted by atomic mass is 16.5. The van der Waals surface area contributed by atoms with E-state index in [0.29, 0.717) is 22.1 Å². The Hall–Kier alpha value is -2.86. The summed E-state index contributed by atoms with van der Waals surface area (Å²) < 4.78 is 5.66. The third-order valence-corrected chi connectivity index (χ3v) is 3.67. The molecule has 1 saturated heterocycles. The lowest BCUT2D eigenvalue weighted by molar-refractivity contribution is -0.144. The zero-order chi connectivity index (χ0) is 15.7. The number of hydrogen-bond donors (Lipinski definition) is 2. The number of hydrogen-bond acceptors (Lipinski definition) is 4. The van der Waals surface area contributed by atoms with Gasteiger partial charge in [-0.25, -0.2) is 4.79 Å². The van der Waals surface area contributed by atoms with Gasteiger partial charge in [-0.1, -0.05) is 30.3 Å². The molecule has 3 amide bonds. The van der Waals surface area contributed by atoms with Crippen molar-refractivity contribution in [3.63, 3.8) is 0 Å². The predicted molar refractivity (Wildman–Crippen MR) is 77.5 cm³/mol. The van der Waals surface area contributed by atoms with Crippen molar-refractivity contribution in [2.24, 2.45) is 0 Å². The van der Waals surface area contributed by atoms with Crippen LogP contribution in [-0.2, 0) is 10.3 Å². The first-order valence-electron chi connectivity index (χ1n) is 6.70. The van der Waals surface area contributed by atoms with Crippen LogP contribution < -0.4 is 10.1 Å². The van der Waals surface area contributed by atoms with Crippen molar-refractivity contribution in [1.82, 2.24) is 10.4 Å². The molecule has 1 unspecified atom stereocenters. The molecule has 1 fully saturated rings. The van der Waals surface area contributed by atoms with E-state index < -0.39 is 17.5 Å². The van der Waals surface area contributed by atoms with Crippen LogP contribution in [0.4, 0.5) is 4.79 Å². The molecule has 1 atom stereocenters. The second kappa shape index (κ2) is 5.16. The van der Waals surface area contributed by atoms with Crippen LogP contribution >= 0.6 is 0 Å². The van der Waals surface area contributed by atoms with Gasteiger partial charge in [-0.15, -0.1) is 0 Å². The van der Waals surface area contributed by atoms with Crippen molar-refractivity contribution in [2.45, 2.75) is 12.5 Å². The maximum atomic E-state index is 11.9. The Bertz CT molecular complexity index is 715. The lowest BCUT2D eigenvalue weighted by Gasteiger charge is -2.26. The fourth-order valence-corrected chi connectivity index (χ4v) is 2.30. The first-order chi connectivity index (χ1) is 10.5. The number of benzene rings is 2. The van der Waals surface area contributed by atoms with E-state index in [1.165, 1.54) is 6.92 Å². The molecule has 2 N–H and O–H groups in total. The van der Waals surface area contributed by atoms with Crippen LogP contribution in [0.5, 0.6) is 11.5 Å². The van der Waals surface area contributed by atoms with E-state index in [4.69, 9.17) is 4.74 Å². The smallest absolute Gasteiger partial charge is 0.349 e. The number of para-hydroxylation sites is 1. The molecule has 1 heterocycles. The van der Waals surface area contributed by atoms with Gasteiger partial charge in [-0.2, -0.15) is 5.06 Å². The summed E-state index contributed by atoms with van der Waals surface area (Å²) in [5.41, 5.74) is -0.957. The number of hydroxylamine groups is 2. The van der Waals surface area contributed by atoms with Gasteiger partial charge in [0.2, 0.25) is 0 Å². The van der Waals surface area contributed by atoms with E-state index in [0.717, 1.165) is 0 Å². The summed E-state index contributed by atoms with van der Waals surface area (Å²) >= 11 is 0. The number of nitrogens with one attached hydrogen (secondary N) is 1. The van der Waals surface area contributed by atoms with E-state index >= 15 is 0 Å². The molecule has 0 radical (unpaired) electrons. The molecule has 112 valence electrons. The monoisotopic (exact) mass is 298 g/mol. The fourth-order valence-electron chi connectivity index (χ4n) is 2.30. The average Bonchev–Trinajstić information content (AvgIpc) is 2.73. The predicted octanol–water partition coefficient (Wildman–Crippen LogP) is 2.64. The number of ether oxygens (including phenoxy) is 1. The van der Waals surface area contributed by atoms with Crippen molar-refractivity contribution in [3.05, 3.63) is 60.2 Å². The molecule has 22 heavy (non-hydrogen) atoms. The highest BCUT2D eigenvalue weighted by Gasteiger charge is 2.50. The summed E-state index contributed by atoms with van der Waals surface area (Å²) in [4.78, 5) is 23.3. The minimum absolute atomic E-state index is 0.405. The zero-order valence-corrected chi connectivity index (χ0v) is 11.8. The van der Waals surface area contributed by atoms with E-state index in [2.05, 4.69) is 5.32 Å². The summed E-state index contributed by atoms with van der Waals surface area (Å²) in [5.74, 6) is 0.712. The van der Waals surface area contributed by atoms with Crippen LogP contribution in [0, 0.1) is 0 Å². The van der Waals surface area contributed by atoms with E-state index in [9.17, 15) is 14.8 Å². The number of urea groups is 1. The van der Waals surface area contributed by atoms with Gasteiger partial charge in [0.1, 0.15) is 11.5 Å². The molecule has 0 aliphatic carbocycles. The van der Waals surface area contributed by atoms with E-state index in [-0.39, 0.29) is 0 Å². The Balaban J connectivity index is 1.85. The number of amides is 3. The van der Waals surface area contributed by atoms with Gasteiger partial charge in [-0.3, -0.25) is 15.3 Å². The molecule has 2 aromatic carbocycles. The highest BCUT2D eigenvalue weighted by molar-refractivity contribution is 6.06. The largest absolute Gasteiger partial charge is 0.457 e. The molecule has 3 rings (SSSR count). The third-order valence-electron chi connectivity index (χ3n) is 3.67. The second-order valence-corrected chi connectivity index (χ2v) is 5.08. The number of carbonyl (C=O) groups excluding carboxylic acids is 2. The molecule has 1 aliphatic heterocycles. The highest BCUT2D eigenvalue weighted by Crippen LogP contribution is 2.33. The van der Waals surface area contributed by atoms with Crippen molar-refractivity contribution >= 4 is 11.9 Å². The molecular formula is C16H14N2O4. The number of carbonyl (C=O) groups is 2. The molecule has 0 bridgehead atoms.